The fourth-order valence-corrected chi connectivity index (χ4v) is 7.39. The van der Waals surface area contributed by atoms with E-state index in [2.05, 4.69) is 91.8 Å². The first-order valence-electron chi connectivity index (χ1n) is 25.0. The predicted molar refractivity (Wildman–Crippen MR) is 294 cm³/mol. The van der Waals surface area contributed by atoms with E-state index < -0.39 is 29.5 Å². The van der Waals surface area contributed by atoms with Crippen molar-refractivity contribution in [2.75, 3.05) is 0 Å². The monoisotopic (exact) mass is 1250 g/mol. The van der Waals surface area contributed by atoms with Gasteiger partial charge in [-0.2, -0.15) is 0 Å². The third kappa shape index (κ3) is 17.5. The van der Waals surface area contributed by atoms with Crippen molar-refractivity contribution in [1.82, 2.24) is 147 Å². The molecule has 90 heavy (non-hydrogen) atoms. The third-order valence-electron chi connectivity index (χ3n) is 11.5. The maximum atomic E-state index is 10.6. The molecule has 48 nitrogen and oxygen atoms in total. The summed E-state index contributed by atoms with van der Waals surface area (Å²) in [6.07, 6.45) is 27.3. The lowest BCUT2D eigenvalue weighted by Crippen LogP contribution is -2.07. The van der Waals surface area contributed by atoms with E-state index >= 15 is 0 Å². The summed E-state index contributed by atoms with van der Waals surface area (Å²) in [7, 11) is 10.4. The second kappa shape index (κ2) is 29.8. The first kappa shape index (κ1) is 64.1. The fraction of sp³-hybridized carbons (Fsp3) is 0.286. The molecule has 12 aromatic heterocycles. The molecule has 0 atom stereocenters. The highest BCUT2D eigenvalue weighted by atomic mass is 16.7. The van der Waals surface area contributed by atoms with Crippen LogP contribution in [0.1, 0.15) is 34.2 Å². The van der Waals surface area contributed by atoms with Crippen LogP contribution in [0.2, 0.25) is 0 Å². The zero-order valence-electron chi connectivity index (χ0n) is 47.6. The van der Waals surface area contributed by atoms with Crippen molar-refractivity contribution in [1.29, 1.82) is 0 Å². The second-order valence-corrected chi connectivity index (χ2v) is 17.9. The Morgan fingerprint density at radius 3 is 0.667 bits per heavy atom. The molecule has 0 bridgehead atoms. The quantitative estimate of drug-likeness (QED) is 0.0793. The lowest BCUT2D eigenvalue weighted by Gasteiger charge is -2.00. The smallest absolute Gasteiger partial charge is 0.390 e. The van der Waals surface area contributed by atoms with Crippen LogP contribution in [0.3, 0.4) is 0 Å². The molecule has 468 valence electrons. The van der Waals surface area contributed by atoms with Gasteiger partial charge in [0, 0.05) is 42.3 Å². The normalized spacial score (nSPS) is 10.5. The number of aryl methyl sites for hydroxylation is 6. The molecule has 0 aliphatic rings. The lowest BCUT2D eigenvalue weighted by molar-refractivity contribution is -0.396. The summed E-state index contributed by atoms with van der Waals surface area (Å²) in [5.74, 6) is -1.13. The number of imidazole rings is 6. The van der Waals surface area contributed by atoms with Gasteiger partial charge in [0.2, 0.25) is 0 Å². The fourth-order valence-electron chi connectivity index (χ4n) is 7.39. The van der Waals surface area contributed by atoms with Gasteiger partial charge in [-0.3, -0.25) is 14.0 Å². The number of hydrogen-bond acceptors (Lipinski definition) is 30. The molecule has 0 aliphatic carbocycles. The maximum absolute atomic E-state index is 10.6. The predicted octanol–water partition coefficient (Wildman–Crippen LogP) is -0.191. The Hall–Kier alpha value is -13.5. The summed E-state index contributed by atoms with van der Waals surface area (Å²) >= 11 is 0. The van der Waals surface area contributed by atoms with Crippen LogP contribution in [-0.4, -0.2) is 177 Å². The minimum absolute atomic E-state index is 0.184. The summed E-state index contributed by atoms with van der Waals surface area (Å²) in [6.45, 7) is 1.89. The van der Waals surface area contributed by atoms with E-state index in [1.165, 1.54) is 97.2 Å². The van der Waals surface area contributed by atoms with Crippen LogP contribution in [0, 0.1) is 60.7 Å². The van der Waals surface area contributed by atoms with Crippen molar-refractivity contribution in [3.05, 3.63) is 206 Å². The molecule has 0 fully saturated rings. The Bertz CT molecular complexity index is 3900. The molecule has 0 radical (unpaired) electrons. The third-order valence-corrected chi connectivity index (χ3v) is 11.5. The van der Waals surface area contributed by atoms with Crippen LogP contribution in [0.4, 0.5) is 35.7 Å². The second-order valence-electron chi connectivity index (χ2n) is 17.9. The van der Waals surface area contributed by atoms with E-state index in [1.54, 1.807) is 112 Å². The first-order chi connectivity index (χ1) is 43.0. The average molecular weight is 1250 g/mol. The molecule has 0 N–H and O–H groups in total. The van der Waals surface area contributed by atoms with E-state index in [1.807, 2.05) is 0 Å². The molecule has 0 spiro atoms. The van der Waals surface area contributed by atoms with Crippen LogP contribution in [-0.2, 0) is 81.6 Å². The Morgan fingerprint density at radius 1 is 0.311 bits per heavy atom. The number of nitro groups is 6. The number of hydrogen-bond donors (Lipinski definition) is 0. The van der Waals surface area contributed by atoms with Crippen LogP contribution in [0.15, 0.2) is 112 Å². The summed E-state index contributed by atoms with van der Waals surface area (Å²) in [5, 5.41) is 108. The Balaban J connectivity index is 0.000000154. The van der Waals surface area contributed by atoms with E-state index in [0.717, 1.165) is 17.1 Å². The molecule has 12 rings (SSSR count). The summed E-state index contributed by atoms with van der Waals surface area (Å²) in [4.78, 5) is 82.1. The van der Waals surface area contributed by atoms with Crippen molar-refractivity contribution < 1.29 is 29.5 Å². The van der Waals surface area contributed by atoms with E-state index in [0.29, 0.717) is 56.4 Å². The summed E-state index contributed by atoms with van der Waals surface area (Å²) in [6, 6.07) is 0. The molecule has 0 amide bonds. The van der Waals surface area contributed by atoms with E-state index in [4.69, 9.17) is 0 Å². The number of rotatable bonds is 18. The van der Waals surface area contributed by atoms with Crippen molar-refractivity contribution in [2.45, 2.75) is 39.3 Å². The molecule has 0 saturated carbocycles. The maximum Gasteiger partial charge on any atom is 0.434 e. The zero-order chi connectivity index (χ0) is 65.0. The topological polar surface area (TPSA) is 550 Å². The van der Waals surface area contributed by atoms with Gasteiger partial charge in [0.05, 0.1) is 54.3 Å². The standard InChI is InChI=1S/6C7H8N6O2/c3*1-11-4-6(9-10-11)5-12-3-2-8-7(12)13(14)15;3*1-11-6(4-9-10-11)5-12-3-2-8-7(12)13(14)15/h6*2-4H,5H2,1H3. The van der Waals surface area contributed by atoms with Crippen LogP contribution < -0.4 is 0 Å². The van der Waals surface area contributed by atoms with Crippen molar-refractivity contribution in [3.8, 4) is 0 Å². The molecule has 0 saturated heterocycles. The van der Waals surface area contributed by atoms with Crippen LogP contribution >= 0.6 is 0 Å². The minimum atomic E-state index is -0.531. The zero-order valence-corrected chi connectivity index (χ0v) is 47.6. The highest BCUT2D eigenvalue weighted by Gasteiger charge is 2.21. The van der Waals surface area contributed by atoms with E-state index in [-0.39, 0.29) is 35.7 Å². The van der Waals surface area contributed by atoms with Crippen LogP contribution in [0.25, 0.3) is 0 Å². The van der Waals surface area contributed by atoms with E-state index in [9.17, 15) is 60.7 Å². The lowest BCUT2D eigenvalue weighted by atomic mass is 10.4. The van der Waals surface area contributed by atoms with Crippen LogP contribution in [0.5, 0.6) is 0 Å². The van der Waals surface area contributed by atoms with Gasteiger partial charge in [0.1, 0.15) is 131 Å². The highest BCUT2D eigenvalue weighted by molar-refractivity contribution is 5.14. The van der Waals surface area contributed by atoms with Gasteiger partial charge in [-0.1, -0.05) is 61.2 Å². The average Bonchev–Trinajstić information content (AvgIpc) is 4.07. The van der Waals surface area contributed by atoms with Gasteiger partial charge < -0.3 is 60.7 Å². The summed E-state index contributed by atoms with van der Waals surface area (Å²) in [5.41, 5.74) is 4.28. The molecule has 0 aliphatic heterocycles. The molecule has 12 heterocycles. The molecular formula is C42H48N36O12. The molecule has 48 heteroatoms. The van der Waals surface area contributed by atoms with Gasteiger partial charge in [-0.25, -0.2) is 41.4 Å². The van der Waals surface area contributed by atoms with Gasteiger partial charge in [-0.15, -0.1) is 30.6 Å². The number of aromatic nitrogens is 30. The largest absolute Gasteiger partial charge is 0.434 e. The first-order valence-corrected chi connectivity index (χ1v) is 25.0. The SMILES string of the molecule is Cn1cc(Cn2ccnc2[N+](=O)[O-])nn1.Cn1cc(Cn2ccnc2[N+](=O)[O-])nn1.Cn1cc(Cn2ccnc2[N+](=O)[O-])nn1.Cn1nncc1Cn1ccnc1[N+](=O)[O-].Cn1nncc1Cn1ccnc1[N+](=O)[O-].Cn1nncc1Cn1ccnc1[N+](=O)[O-]. The van der Waals surface area contributed by atoms with Crippen molar-refractivity contribution in [2.24, 2.45) is 42.3 Å². The summed E-state index contributed by atoms with van der Waals surface area (Å²) < 4.78 is 17.8. The Kier molecular flexibility index (Phi) is 21.2. The molecular weight excluding hydrogens is 1200 g/mol. The van der Waals surface area contributed by atoms with Crippen molar-refractivity contribution in [3.63, 3.8) is 0 Å². The van der Waals surface area contributed by atoms with Gasteiger partial charge >= 0.3 is 35.7 Å². The Morgan fingerprint density at radius 2 is 0.511 bits per heavy atom. The number of nitrogens with zero attached hydrogens (tertiary/aromatic N) is 36. The highest BCUT2D eigenvalue weighted by Crippen LogP contribution is 2.15. The minimum Gasteiger partial charge on any atom is -0.390 e. The molecule has 0 unspecified atom stereocenters. The molecule has 0 aromatic carbocycles. The van der Waals surface area contributed by atoms with Crippen molar-refractivity contribution >= 4 is 35.7 Å². The van der Waals surface area contributed by atoms with Gasteiger partial charge in [0.25, 0.3) is 0 Å². The Labute approximate surface area is 499 Å². The van der Waals surface area contributed by atoms with Gasteiger partial charge in [0.15, 0.2) is 0 Å². The molecule has 12 aromatic rings. The van der Waals surface area contributed by atoms with Gasteiger partial charge in [-0.05, 0) is 29.5 Å².